The molecule has 7 nitrogen and oxygen atoms in total. The van der Waals surface area contributed by atoms with Crippen molar-refractivity contribution in [1.82, 2.24) is 19.4 Å². The smallest absolute Gasteiger partial charge is 0.396 e. The van der Waals surface area contributed by atoms with Crippen molar-refractivity contribution >= 4 is 28.9 Å². The van der Waals surface area contributed by atoms with Gasteiger partial charge in [0.25, 0.3) is 5.91 Å². The molecule has 0 radical (unpaired) electrons. The topological polar surface area (TPSA) is 78.2 Å². The maximum Gasteiger partial charge on any atom is 0.433 e. The summed E-state index contributed by atoms with van der Waals surface area (Å²) in [6.45, 7) is 0.667. The number of hydrogen-bond acceptors (Lipinski definition) is 4. The molecule has 34 heavy (non-hydrogen) atoms. The van der Waals surface area contributed by atoms with E-state index >= 15 is 0 Å². The minimum Gasteiger partial charge on any atom is -0.396 e. The number of fused-ring (bicyclic) bond motifs is 2. The first-order chi connectivity index (χ1) is 16.2. The average molecular weight is 497 g/mol. The number of halogens is 4. The van der Waals surface area contributed by atoms with Gasteiger partial charge in [-0.15, -0.1) is 0 Å². The van der Waals surface area contributed by atoms with Crippen molar-refractivity contribution in [2.45, 2.75) is 43.8 Å². The summed E-state index contributed by atoms with van der Waals surface area (Å²) in [7, 11) is 0. The van der Waals surface area contributed by atoms with Gasteiger partial charge in [-0.25, -0.2) is 4.52 Å². The molecule has 1 N–H and O–H groups in total. The molecule has 11 heteroatoms. The van der Waals surface area contributed by atoms with Crippen LogP contribution in [-0.4, -0.2) is 68.6 Å². The molecule has 4 aliphatic rings. The molecule has 3 saturated carbocycles. The lowest BCUT2D eigenvalue weighted by Crippen LogP contribution is -2.55. The molecule has 3 aliphatic carbocycles. The lowest BCUT2D eigenvalue weighted by molar-refractivity contribution is -0.142. The quantitative estimate of drug-likeness (QED) is 0.705. The first kappa shape index (κ1) is 22.2. The van der Waals surface area contributed by atoms with Crippen LogP contribution in [0.5, 0.6) is 0 Å². The lowest BCUT2D eigenvalue weighted by atomic mass is 10.0. The van der Waals surface area contributed by atoms with Gasteiger partial charge in [0.2, 0.25) is 5.91 Å². The highest BCUT2D eigenvalue weighted by molar-refractivity contribution is 6.36. The summed E-state index contributed by atoms with van der Waals surface area (Å²) in [5.41, 5.74) is -0.637. The Labute approximate surface area is 198 Å². The highest BCUT2D eigenvalue weighted by atomic mass is 35.5. The number of hydrogen-bond donors (Lipinski definition) is 1. The second-order valence-corrected chi connectivity index (χ2v) is 10.4. The van der Waals surface area contributed by atoms with Gasteiger partial charge >= 0.3 is 6.18 Å². The number of alkyl halides is 3. The van der Waals surface area contributed by atoms with E-state index < -0.39 is 17.8 Å². The predicted octanol–water partition coefficient (Wildman–Crippen LogP) is 3.19. The van der Waals surface area contributed by atoms with E-state index in [-0.39, 0.29) is 53.8 Å². The molecule has 182 valence electrons. The second-order valence-electron chi connectivity index (χ2n) is 10.0. The molecular weight excluding hydrogens is 473 g/mol. The molecule has 6 rings (SSSR count). The first-order valence-electron chi connectivity index (χ1n) is 11.7. The minimum absolute atomic E-state index is 0.0512. The zero-order valence-electron chi connectivity index (χ0n) is 18.3. The van der Waals surface area contributed by atoms with Crippen molar-refractivity contribution in [2.24, 2.45) is 17.8 Å². The highest BCUT2D eigenvalue weighted by Gasteiger charge is 2.57. The van der Waals surface area contributed by atoms with Crippen molar-refractivity contribution in [3.63, 3.8) is 0 Å². The summed E-state index contributed by atoms with van der Waals surface area (Å²) < 4.78 is 41.9. The molecule has 2 amide bonds. The van der Waals surface area contributed by atoms with Gasteiger partial charge in [-0.2, -0.15) is 18.3 Å². The van der Waals surface area contributed by atoms with Crippen LogP contribution in [0.25, 0.3) is 5.52 Å². The molecule has 4 fully saturated rings. The third kappa shape index (κ3) is 3.48. The molecule has 3 heterocycles. The molecule has 1 saturated heterocycles. The fourth-order valence-corrected chi connectivity index (χ4v) is 6.25. The second kappa shape index (κ2) is 7.58. The van der Waals surface area contributed by atoms with E-state index in [1.165, 1.54) is 4.90 Å². The number of pyridine rings is 1. The van der Waals surface area contributed by atoms with E-state index in [9.17, 15) is 27.9 Å². The number of carbonyl (C=O) groups excluding carboxylic acids is 2. The Morgan fingerprint density at radius 3 is 2.47 bits per heavy atom. The fraction of sp³-hybridized carbons (Fsp3) is 0.609. The number of aromatic nitrogens is 2. The van der Waals surface area contributed by atoms with Crippen LogP contribution >= 0.6 is 11.6 Å². The Morgan fingerprint density at radius 1 is 1.18 bits per heavy atom. The molecule has 2 atom stereocenters. The molecule has 0 spiro atoms. The molecule has 2 unspecified atom stereocenters. The molecule has 0 aromatic carbocycles. The van der Waals surface area contributed by atoms with Gasteiger partial charge in [0, 0.05) is 25.7 Å². The van der Waals surface area contributed by atoms with Gasteiger partial charge in [-0.3, -0.25) is 9.59 Å². The lowest BCUT2D eigenvalue weighted by Gasteiger charge is -2.38. The van der Waals surface area contributed by atoms with Gasteiger partial charge in [0.1, 0.15) is 12.2 Å². The Bertz CT molecular complexity index is 1180. The normalized spacial score (nSPS) is 29.1. The summed E-state index contributed by atoms with van der Waals surface area (Å²) in [5.74, 6) is 0.547. The van der Waals surface area contributed by atoms with Crippen molar-refractivity contribution < 1.29 is 27.9 Å². The van der Waals surface area contributed by atoms with Gasteiger partial charge in [-0.1, -0.05) is 11.6 Å². The molecule has 2 aromatic heterocycles. The SMILES string of the molecule is O=C(c1nn2c(C(F)(F)F)cc(C3CC3)cc2c1Cl)N1CCN(C2CC3C(CO)C3C2)C(=O)C1. The summed E-state index contributed by atoms with van der Waals surface area (Å²) in [6, 6.07) is 2.78. The van der Waals surface area contributed by atoms with E-state index in [0.29, 0.717) is 34.4 Å². The first-order valence-corrected chi connectivity index (χ1v) is 12.0. The summed E-state index contributed by atoms with van der Waals surface area (Å²) in [4.78, 5) is 29.1. The Morgan fingerprint density at radius 2 is 1.88 bits per heavy atom. The average Bonchev–Trinajstić information content (AvgIpc) is 3.69. The number of nitrogens with zero attached hydrogens (tertiary/aromatic N) is 4. The van der Waals surface area contributed by atoms with E-state index in [1.54, 1.807) is 11.0 Å². The summed E-state index contributed by atoms with van der Waals surface area (Å²) in [6.07, 6.45) is -1.27. The van der Waals surface area contributed by atoms with E-state index in [1.807, 2.05) is 0 Å². The van der Waals surface area contributed by atoms with Crippen LogP contribution in [0.4, 0.5) is 13.2 Å². The van der Waals surface area contributed by atoms with Gasteiger partial charge < -0.3 is 14.9 Å². The van der Waals surface area contributed by atoms with E-state index in [2.05, 4.69) is 5.10 Å². The van der Waals surface area contributed by atoms with Gasteiger partial charge in [-0.05, 0) is 67.1 Å². The Kier molecular flexibility index (Phi) is 4.94. The van der Waals surface area contributed by atoms with Crippen LogP contribution in [0, 0.1) is 17.8 Å². The maximum atomic E-state index is 13.7. The predicted molar refractivity (Wildman–Crippen MR) is 115 cm³/mol. The molecular formula is C23H24ClF3N4O3. The zero-order valence-corrected chi connectivity index (χ0v) is 19.0. The Balaban J connectivity index is 1.23. The fourth-order valence-electron chi connectivity index (χ4n) is 6.00. The summed E-state index contributed by atoms with van der Waals surface area (Å²) >= 11 is 6.39. The number of rotatable bonds is 4. The van der Waals surface area contributed by atoms with Crippen LogP contribution in [0.2, 0.25) is 5.02 Å². The van der Waals surface area contributed by atoms with Crippen molar-refractivity contribution in [3.8, 4) is 0 Å². The monoisotopic (exact) mass is 496 g/mol. The third-order valence-corrected chi connectivity index (χ3v) is 8.40. The standard InChI is InChI=1S/C23H24ClF3N4O3/c24-20-17-5-12(11-1-2-11)6-18(23(25,26)27)31(17)28-21(20)22(34)29-3-4-30(19(33)9-29)13-7-14-15(8-13)16(14)10-32/h5-6,11,13-16,32H,1-4,7-10H2. The zero-order chi connectivity index (χ0) is 23.9. The third-order valence-electron chi connectivity index (χ3n) is 8.03. The van der Waals surface area contributed by atoms with Crippen molar-refractivity contribution in [3.05, 3.63) is 34.1 Å². The number of aliphatic hydroxyl groups is 1. The van der Waals surface area contributed by atoms with Crippen LogP contribution in [0.3, 0.4) is 0 Å². The number of piperazine rings is 1. The van der Waals surface area contributed by atoms with Crippen molar-refractivity contribution in [2.75, 3.05) is 26.2 Å². The van der Waals surface area contributed by atoms with E-state index in [0.717, 1.165) is 31.7 Å². The molecule has 1 aliphatic heterocycles. The van der Waals surface area contributed by atoms with Crippen LogP contribution in [0.15, 0.2) is 12.1 Å². The number of carbonyl (C=O) groups is 2. The van der Waals surface area contributed by atoms with Crippen LogP contribution in [0.1, 0.15) is 53.3 Å². The highest BCUT2D eigenvalue weighted by Crippen LogP contribution is 2.58. The largest absolute Gasteiger partial charge is 0.433 e. The number of amides is 2. The molecule has 0 bridgehead atoms. The van der Waals surface area contributed by atoms with Crippen LogP contribution in [-0.2, 0) is 11.0 Å². The van der Waals surface area contributed by atoms with Crippen LogP contribution < -0.4 is 0 Å². The van der Waals surface area contributed by atoms with Gasteiger partial charge in [0.05, 0.1) is 10.5 Å². The minimum atomic E-state index is -4.66. The van der Waals surface area contributed by atoms with Gasteiger partial charge in [0.15, 0.2) is 5.69 Å². The molecule has 2 aromatic rings. The Hall–Kier alpha value is -2.33. The summed E-state index contributed by atoms with van der Waals surface area (Å²) in [5, 5.41) is 13.2. The maximum absolute atomic E-state index is 13.7. The van der Waals surface area contributed by atoms with E-state index in [4.69, 9.17) is 11.6 Å². The number of aliphatic hydroxyl groups excluding tert-OH is 1. The van der Waals surface area contributed by atoms with Crippen molar-refractivity contribution in [1.29, 1.82) is 0 Å².